The van der Waals surface area contributed by atoms with Gasteiger partial charge in [-0.1, -0.05) is 12.1 Å². The molecule has 5 nitrogen and oxygen atoms in total. The Morgan fingerprint density at radius 2 is 2.33 bits per heavy atom. The van der Waals surface area contributed by atoms with Crippen molar-refractivity contribution in [2.75, 3.05) is 13.2 Å². The predicted molar refractivity (Wildman–Crippen MR) is 56.3 cm³/mol. The van der Waals surface area contributed by atoms with Gasteiger partial charge in [0.2, 0.25) is 5.89 Å². The fraction of sp³-hybridized carbons (Fsp3) is 0.800. The molecule has 1 aromatic heterocycles. The average molecular weight is 213 g/mol. The molecule has 1 rings (SSSR count). The molecular formula is C10H19N3O2. The summed E-state index contributed by atoms with van der Waals surface area (Å²) in [7, 11) is 0. The largest absolute Gasteiger partial charge is 0.374 e. The Morgan fingerprint density at radius 3 is 3.00 bits per heavy atom. The molecule has 0 aromatic carbocycles. The lowest BCUT2D eigenvalue weighted by molar-refractivity contribution is 0.126. The van der Waals surface area contributed by atoms with E-state index in [1.807, 2.05) is 6.92 Å². The summed E-state index contributed by atoms with van der Waals surface area (Å²) in [6.07, 6.45) is 1.96. The summed E-state index contributed by atoms with van der Waals surface area (Å²) >= 11 is 0. The fourth-order valence-corrected chi connectivity index (χ4v) is 1.27. The second kappa shape index (κ2) is 6.53. The quantitative estimate of drug-likeness (QED) is 0.742. The summed E-state index contributed by atoms with van der Waals surface area (Å²) in [6.45, 7) is 5.78. The Hall–Kier alpha value is -0.940. The van der Waals surface area contributed by atoms with Crippen LogP contribution in [-0.4, -0.2) is 23.3 Å². The monoisotopic (exact) mass is 213 g/mol. The molecule has 0 aliphatic rings. The zero-order valence-electron chi connectivity index (χ0n) is 9.40. The first-order valence-electron chi connectivity index (χ1n) is 5.38. The second-order valence-electron chi connectivity index (χ2n) is 3.52. The maximum absolute atomic E-state index is 5.44. The van der Waals surface area contributed by atoms with Crippen molar-refractivity contribution in [1.82, 2.24) is 10.1 Å². The summed E-state index contributed by atoms with van der Waals surface area (Å²) in [6, 6.07) is 0. The van der Waals surface area contributed by atoms with Crippen LogP contribution in [0.1, 0.15) is 44.3 Å². The van der Waals surface area contributed by atoms with Crippen LogP contribution in [-0.2, 0) is 11.3 Å². The molecule has 1 heterocycles. The fourth-order valence-electron chi connectivity index (χ4n) is 1.27. The molecule has 0 amide bonds. The second-order valence-corrected chi connectivity index (χ2v) is 3.52. The van der Waals surface area contributed by atoms with Crippen molar-refractivity contribution in [3.63, 3.8) is 0 Å². The molecule has 0 spiro atoms. The molecule has 0 aliphatic carbocycles. The van der Waals surface area contributed by atoms with Crippen LogP contribution in [0, 0.1) is 0 Å². The van der Waals surface area contributed by atoms with Gasteiger partial charge in [0, 0.05) is 12.5 Å². The zero-order chi connectivity index (χ0) is 11.1. The van der Waals surface area contributed by atoms with Crippen LogP contribution in [0.2, 0.25) is 0 Å². The van der Waals surface area contributed by atoms with E-state index in [0.717, 1.165) is 12.8 Å². The molecule has 15 heavy (non-hydrogen) atoms. The lowest BCUT2D eigenvalue weighted by Gasteiger charge is -2.03. The molecule has 1 unspecified atom stereocenters. The first-order chi connectivity index (χ1) is 7.27. The third-order valence-corrected chi connectivity index (χ3v) is 2.18. The minimum atomic E-state index is 0.274. The molecule has 2 N–H and O–H groups in total. The van der Waals surface area contributed by atoms with Crippen LogP contribution in [0.4, 0.5) is 0 Å². The minimum absolute atomic E-state index is 0.274. The molecule has 0 aliphatic heterocycles. The normalized spacial score (nSPS) is 13.0. The lowest BCUT2D eigenvalue weighted by Crippen LogP contribution is -2.02. The number of hydrogen-bond donors (Lipinski definition) is 1. The summed E-state index contributed by atoms with van der Waals surface area (Å²) in [4.78, 5) is 4.26. The van der Waals surface area contributed by atoms with Gasteiger partial charge < -0.3 is 15.0 Å². The van der Waals surface area contributed by atoms with Gasteiger partial charge >= 0.3 is 0 Å². The number of rotatable bonds is 7. The molecule has 0 bridgehead atoms. The van der Waals surface area contributed by atoms with Crippen LogP contribution in [0.15, 0.2) is 4.52 Å². The Kier molecular flexibility index (Phi) is 5.28. The topological polar surface area (TPSA) is 74.2 Å². The van der Waals surface area contributed by atoms with Crippen LogP contribution in [0.5, 0.6) is 0 Å². The van der Waals surface area contributed by atoms with Crippen molar-refractivity contribution in [3.05, 3.63) is 11.7 Å². The smallest absolute Gasteiger partial charge is 0.229 e. The van der Waals surface area contributed by atoms with E-state index >= 15 is 0 Å². The van der Waals surface area contributed by atoms with Crippen molar-refractivity contribution in [2.45, 2.75) is 39.2 Å². The van der Waals surface area contributed by atoms with Crippen LogP contribution < -0.4 is 5.73 Å². The van der Waals surface area contributed by atoms with E-state index in [2.05, 4.69) is 17.1 Å². The molecule has 0 radical (unpaired) electrons. The summed E-state index contributed by atoms with van der Waals surface area (Å²) in [5, 5.41) is 3.84. The van der Waals surface area contributed by atoms with E-state index in [9.17, 15) is 0 Å². The van der Waals surface area contributed by atoms with Crippen molar-refractivity contribution in [3.8, 4) is 0 Å². The third kappa shape index (κ3) is 3.97. The van der Waals surface area contributed by atoms with Gasteiger partial charge in [-0.05, 0) is 26.3 Å². The van der Waals surface area contributed by atoms with Crippen molar-refractivity contribution < 1.29 is 9.26 Å². The molecule has 5 heteroatoms. The maximum Gasteiger partial charge on any atom is 0.229 e. The van der Waals surface area contributed by atoms with E-state index in [1.165, 1.54) is 0 Å². The zero-order valence-corrected chi connectivity index (χ0v) is 9.40. The van der Waals surface area contributed by atoms with Gasteiger partial charge in [0.1, 0.15) is 6.61 Å². The molecule has 1 aromatic rings. The van der Waals surface area contributed by atoms with Crippen molar-refractivity contribution >= 4 is 0 Å². The van der Waals surface area contributed by atoms with Gasteiger partial charge in [0.25, 0.3) is 0 Å². The number of hydrogen-bond acceptors (Lipinski definition) is 5. The molecule has 1 atom stereocenters. The van der Waals surface area contributed by atoms with E-state index < -0.39 is 0 Å². The number of nitrogens with zero attached hydrogens (tertiary/aromatic N) is 2. The van der Waals surface area contributed by atoms with E-state index in [4.69, 9.17) is 15.0 Å². The first-order valence-corrected chi connectivity index (χ1v) is 5.38. The Balaban J connectivity index is 2.43. The highest BCUT2D eigenvalue weighted by Crippen LogP contribution is 2.18. The highest BCUT2D eigenvalue weighted by Gasteiger charge is 2.13. The summed E-state index contributed by atoms with van der Waals surface area (Å²) in [5.41, 5.74) is 5.44. The average Bonchev–Trinajstić information content (AvgIpc) is 2.71. The van der Waals surface area contributed by atoms with Gasteiger partial charge in [-0.25, -0.2) is 0 Å². The van der Waals surface area contributed by atoms with E-state index in [0.29, 0.717) is 31.5 Å². The van der Waals surface area contributed by atoms with Crippen molar-refractivity contribution in [2.24, 2.45) is 5.73 Å². The maximum atomic E-state index is 5.44. The number of ether oxygens (including phenoxy) is 1. The Morgan fingerprint density at radius 1 is 1.53 bits per heavy atom. The number of aromatic nitrogens is 2. The summed E-state index contributed by atoms with van der Waals surface area (Å²) in [5.74, 6) is 1.57. The van der Waals surface area contributed by atoms with Crippen molar-refractivity contribution in [1.29, 1.82) is 0 Å². The van der Waals surface area contributed by atoms with Crippen LogP contribution >= 0.6 is 0 Å². The Bertz CT molecular complexity index is 275. The van der Waals surface area contributed by atoms with Gasteiger partial charge in [-0.2, -0.15) is 4.98 Å². The summed E-state index contributed by atoms with van der Waals surface area (Å²) < 4.78 is 10.3. The lowest BCUT2D eigenvalue weighted by atomic mass is 10.1. The first kappa shape index (κ1) is 12.1. The number of nitrogens with two attached hydrogens (primary N) is 1. The van der Waals surface area contributed by atoms with E-state index in [-0.39, 0.29) is 5.92 Å². The van der Waals surface area contributed by atoms with Crippen LogP contribution in [0.3, 0.4) is 0 Å². The predicted octanol–water partition coefficient (Wildman–Crippen LogP) is 1.45. The van der Waals surface area contributed by atoms with Gasteiger partial charge in [-0.3, -0.25) is 0 Å². The molecule has 0 saturated heterocycles. The van der Waals surface area contributed by atoms with Gasteiger partial charge in [0.05, 0.1) is 0 Å². The van der Waals surface area contributed by atoms with E-state index in [1.54, 1.807) is 0 Å². The van der Waals surface area contributed by atoms with Gasteiger partial charge in [-0.15, -0.1) is 0 Å². The third-order valence-electron chi connectivity index (χ3n) is 2.18. The minimum Gasteiger partial charge on any atom is -0.374 e. The highest BCUT2D eigenvalue weighted by molar-refractivity contribution is 4.91. The molecule has 0 fully saturated rings. The van der Waals surface area contributed by atoms with Gasteiger partial charge in [0.15, 0.2) is 5.82 Å². The Labute approximate surface area is 90.0 Å². The molecular weight excluding hydrogens is 194 g/mol. The molecule has 0 saturated carbocycles. The standard InChI is InChI=1S/C10H19N3O2/c1-3-14-7-9-12-10(15-13-9)8(2)5-4-6-11/h8H,3-7,11H2,1-2H3. The SMILES string of the molecule is CCOCc1noc(C(C)CCCN)n1. The molecule has 86 valence electrons. The highest BCUT2D eigenvalue weighted by atomic mass is 16.5. The van der Waals surface area contributed by atoms with Crippen LogP contribution in [0.25, 0.3) is 0 Å².